The number of likely N-dealkylation sites (tertiary alicyclic amines) is 2. The summed E-state index contributed by atoms with van der Waals surface area (Å²) in [6.45, 7) is 2.12. The van der Waals surface area contributed by atoms with Gasteiger partial charge in [-0.3, -0.25) is 14.6 Å². The van der Waals surface area contributed by atoms with Gasteiger partial charge in [-0.2, -0.15) is 0 Å². The first-order chi connectivity index (χ1) is 12.7. The molecule has 136 valence electrons. The third-order valence-corrected chi connectivity index (χ3v) is 5.53. The van der Waals surface area contributed by atoms with Gasteiger partial charge in [-0.25, -0.2) is 4.98 Å². The fraction of sp³-hybridized carbons (Fsp3) is 0.474. The van der Waals surface area contributed by atoms with E-state index in [0.29, 0.717) is 31.0 Å². The van der Waals surface area contributed by atoms with Gasteiger partial charge >= 0.3 is 0 Å². The zero-order valence-electron chi connectivity index (χ0n) is 14.7. The monoisotopic (exact) mass is 353 g/mol. The number of fused-ring (bicyclic) bond motifs is 1. The first-order valence-electron chi connectivity index (χ1n) is 9.18. The van der Waals surface area contributed by atoms with Gasteiger partial charge in [0.15, 0.2) is 0 Å². The lowest BCUT2D eigenvalue weighted by molar-refractivity contribution is -0.140. The van der Waals surface area contributed by atoms with Crippen molar-refractivity contribution < 1.29 is 9.59 Å². The second-order valence-corrected chi connectivity index (χ2v) is 7.06. The van der Waals surface area contributed by atoms with Gasteiger partial charge in [0.1, 0.15) is 0 Å². The minimum atomic E-state index is 0.0618. The number of nitrogens with one attached hydrogen (secondary N) is 1. The summed E-state index contributed by atoms with van der Waals surface area (Å²) >= 11 is 0. The number of aromatic amines is 1. The lowest BCUT2D eigenvalue weighted by Crippen LogP contribution is -2.57. The Kier molecular flexibility index (Phi) is 4.69. The SMILES string of the molecule is O=C(c1ccncc1)N1CC[C@@H]2[C@@H](CCC(=O)N2CCc2cnc[nH]2)C1. The van der Waals surface area contributed by atoms with Gasteiger partial charge in [0.25, 0.3) is 5.91 Å². The standard InChI is InChI=1S/C19H23N5O2/c25-18-2-1-15-12-23(19(26)14-3-7-20-8-4-14)9-6-17(15)24(18)10-5-16-11-21-13-22-16/h3-4,7-8,11,13,15,17H,1-2,5-6,9-10,12H2,(H,21,22)/t15-,17+/m0/s1. The average Bonchev–Trinajstić information content (AvgIpc) is 3.20. The highest BCUT2D eigenvalue weighted by Gasteiger charge is 2.40. The number of pyridine rings is 1. The van der Waals surface area contributed by atoms with Crippen molar-refractivity contribution in [2.45, 2.75) is 31.7 Å². The summed E-state index contributed by atoms with van der Waals surface area (Å²) in [5.74, 6) is 0.653. The number of amides is 2. The molecule has 2 aromatic rings. The lowest BCUT2D eigenvalue weighted by Gasteiger charge is -2.47. The molecular formula is C19H23N5O2. The van der Waals surface area contributed by atoms with Gasteiger partial charge in [-0.05, 0) is 30.9 Å². The van der Waals surface area contributed by atoms with E-state index in [1.165, 1.54) is 0 Å². The normalized spacial score (nSPS) is 23.0. The number of hydrogen-bond acceptors (Lipinski definition) is 4. The predicted octanol–water partition coefficient (Wildman–Crippen LogP) is 1.50. The first kappa shape index (κ1) is 16.8. The molecule has 2 aromatic heterocycles. The molecule has 26 heavy (non-hydrogen) atoms. The van der Waals surface area contributed by atoms with E-state index < -0.39 is 0 Å². The molecule has 2 amide bonds. The van der Waals surface area contributed by atoms with Gasteiger partial charge in [-0.1, -0.05) is 0 Å². The number of imidazole rings is 1. The molecule has 0 bridgehead atoms. The zero-order valence-corrected chi connectivity index (χ0v) is 14.7. The fourth-order valence-corrected chi connectivity index (χ4v) is 4.17. The van der Waals surface area contributed by atoms with E-state index >= 15 is 0 Å². The predicted molar refractivity (Wildman–Crippen MR) is 95.3 cm³/mol. The third kappa shape index (κ3) is 3.34. The van der Waals surface area contributed by atoms with Crippen LogP contribution in [0.5, 0.6) is 0 Å². The van der Waals surface area contributed by atoms with E-state index in [0.717, 1.165) is 31.5 Å². The Bertz CT molecular complexity index is 762. The Hall–Kier alpha value is -2.70. The van der Waals surface area contributed by atoms with Crippen molar-refractivity contribution in [1.29, 1.82) is 0 Å². The molecule has 2 aliphatic rings. The molecule has 2 saturated heterocycles. The van der Waals surface area contributed by atoms with Crippen LogP contribution in [-0.4, -0.2) is 62.2 Å². The molecule has 7 nitrogen and oxygen atoms in total. The molecule has 4 rings (SSSR count). The fourth-order valence-electron chi connectivity index (χ4n) is 4.17. The maximum atomic E-state index is 12.7. The molecule has 0 aliphatic carbocycles. The Labute approximate surface area is 152 Å². The Balaban J connectivity index is 1.41. The van der Waals surface area contributed by atoms with E-state index in [2.05, 4.69) is 15.0 Å². The van der Waals surface area contributed by atoms with Crippen molar-refractivity contribution in [3.05, 3.63) is 48.3 Å². The van der Waals surface area contributed by atoms with E-state index in [1.54, 1.807) is 30.9 Å². The van der Waals surface area contributed by atoms with Crippen molar-refractivity contribution >= 4 is 11.8 Å². The molecule has 0 spiro atoms. The lowest BCUT2D eigenvalue weighted by atomic mass is 9.83. The van der Waals surface area contributed by atoms with Gasteiger partial charge < -0.3 is 14.8 Å². The van der Waals surface area contributed by atoms with Crippen LogP contribution in [0.15, 0.2) is 37.1 Å². The summed E-state index contributed by atoms with van der Waals surface area (Å²) in [5.41, 5.74) is 1.73. The van der Waals surface area contributed by atoms with Crippen LogP contribution >= 0.6 is 0 Å². The maximum absolute atomic E-state index is 12.7. The molecule has 1 N–H and O–H groups in total. The Morgan fingerprint density at radius 2 is 2.08 bits per heavy atom. The highest BCUT2D eigenvalue weighted by Crippen LogP contribution is 2.32. The van der Waals surface area contributed by atoms with Crippen LogP contribution in [0.1, 0.15) is 35.3 Å². The topological polar surface area (TPSA) is 82.2 Å². The van der Waals surface area contributed by atoms with Crippen molar-refractivity contribution in [3.8, 4) is 0 Å². The average molecular weight is 353 g/mol. The molecule has 0 radical (unpaired) electrons. The number of nitrogens with zero attached hydrogens (tertiary/aromatic N) is 4. The summed E-state index contributed by atoms with van der Waals surface area (Å²) in [7, 11) is 0. The van der Waals surface area contributed by atoms with E-state index in [9.17, 15) is 9.59 Å². The van der Waals surface area contributed by atoms with E-state index in [-0.39, 0.29) is 17.9 Å². The molecule has 0 saturated carbocycles. The number of rotatable bonds is 4. The zero-order chi connectivity index (χ0) is 17.9. The van der Waals surface area contributed by atoms with Crippen LogP contribution in [-0.2, 0) is 11.2 Å². The van der Waals surface area contributed by atoms with Crippen molar-refractivity contribution in [2.75, 3.05) is 19.6 Å². The van der Waals surface area contributed by atoms with Crippen LogP contribution in [0, 0.1) is 5.92 Å². The Morgan fingerprint density at radius 1 is 1.23 bits per heavy atom. The number of carbonyl (C=O) groups excluding carboxylic acids is 2. The van der Waals surface area contributed by atoms with Crippen molar-refractivity contribution in [2.24, 2.45) is 5.92 Å². The number of H-pyrrole nitrogens is 1. The highest BCUT2D eigenvalue weighted by atomic mass is 16.2. The van der Waals surface area contributed by atoms with Crippen LogP contribution in [0.2, 0.25) is 0 Å². The minimum Gasteiger partial charge on any atom is -0.348 e. The number of aromatic nitrogens is 3. The van der Waals surface area contributed by atoms with Gasteiger partial charge in [0.2, 0.25) is 5.91 Å². The molecule has 2 fully saturated rings. The number of carbonyl (C=O) groups is 2. The van der Waals surface area contributed by atoms with Gasteiger partial charge in [0, 0.05) is 68.4 Å². The van der Waals surface area contributed by atoms with Crippen molar-refractivity contribution in [3.63, 3.8) is 0 Å². The largest absolute Gasteiger partial charge is 0.348 e. The molecule has 2 aliphatic heterocycles. The number of hydrogen-bond donors (Lipinski definition) is 1. The molecule has 0 unspecified atom stereocenters. The van der Waals surface area contributed by atoms with Crippen LogP contribution in [0.25, 0.3) is 0 Å². The summed E-state index contributed by atoms with van der Waals surface area (Å²) in [4.78, 5) is 40.2. The van der Waals surface area contributed by atoms with Crippen molar-refractivity contribution in [1.82, 2.24) is 24.8 Å². The first-order valence-corrected chi connectivity index (χ1v) is 9.18. The summed E-state index contributed by atoms with van der Waals surface area (Å²) in [6.07, 6.45) is 9.84. The second kappa shape index (κ2) is 7.27. The van der Waals surface area contributed by atoms with Crippen LogP contribution in [0.3, 0.4) is 0 Å². The molecular weight excluding hydrogens is 330 g/mol. The molecule has 2 atom stereocenters. The molecule has 4 heterocycles. The van der Waals surface area contributed by atoms with Gasteiger partial charge in [0.05, 0.1) is 6.33 Å². The Morgan fingerprint density at radius 3 is 2.85 bits per heavy atom. The molecule has 7 heteroatoms. The third-order valence-electron chi connectivity index (χ3n) is 5.53. The van der Waals surface area contributed by atoms with E-state index in [1.807, 2.05) is 16.0 Å². The number of piperidine rings is 2. The van der Waals surface area contributed by atoms with E-state index in [4.69, 9.17) is 0 Å². The molecule has 0 aromatic carbocycles. The summed E-state index contributed by atoms with van der Waals surface area (Å²) in [6, 6.07) is 3.76. The highest BCUT2D eigenvalue weighted by molar-refractivity contribution is 5.94. The van der Waals surface area contributed by atoms with Gasteiger partial charge in [-0.15, -0.1) is 0 Å². The van der Waals surface area contributed by atoms with Crippen LogP contribution < -0.4 is 0 Å². The van der Waals surface area contributed by atoms with Crippen LogP contribution in [0.4, 0.5) is 0 Å². The smallest absolute Gasteiger partial charge is 0.253 e. The second-order valence-electron chi connectivity index (χ2n) is 7.06. The minimum absolute atomic E-state index is 0.0618. The summed E-state index contributed by atoms with van der Waals surface area (Å²) < 4.78 is 0. The summed E-state index contributed by atoms with van der Waals surface area (Å²) in [5, 5.41) is 0. The maximum Gasteiger partial charge on any atom is 0.253 e. The quantitative estimate of drug-likeness (QED) is 0.903.